The van der Waals surface area contributed by atoms with Crippen molar-refractivity contribution in [2.75, 3.05) is 18.2 Å². The van der Waals surface area contributed by atoms with Crippen LogP contribution in [0.4, 0.5) is 11.4 Å². The Kier molecular flexibility index (Phi) is 4.22. The number of anilines is 2. The van der Waals surface area contributed by atoms with Gasteiger partial charge in [0.2, 0.25) is 0 Å². The molecule has 3 N–H and O–H groups in total. The van der Waals surface area contributed by atoms with Gasteiger partial charge in [0.25, 0.3) is 0 Å². The molecule has 0 spiro atoms. The molecular weight excluding hydrogens is 244 g/mol. The summed E-state index contributed by atoms with van der Waals surface area (Å²) >= 11 is 3.39. The van der Waals surface area contributed by atoms with Crippen molar-refractivity contribution in [2.24, 2.45) is 0 Å². The van der Waals surface area contributed by atoms with Crippen molar-refractivity contribution in [1.82, 2.24) is 0 Å². The van der Waals surface area contributed by atoms with E-state index in [1.54, 1.807) is 7.11 Å². The van der Waals surface area contributed by atoms with Crippen molar-refractivity contribution in [3.63, 3.8) is 0 Å². The van der Waals surface area contributed by atoms with Gasteiger partial charge in [0.15, 0.2) is 0 Å². The molecule has 0 saturated carbocycles. The minimum Gasteiger partial charge on any atom is -0.397 e. The molecule has 0 unspecified atom stereocenters. The van der Waals surface area contributed by atoms with Crippen LogP contribution in [0.2, 0.25) is 0 Å². The number of halogens is 1. The lowest BCUT2D eigenvalue weighted by Gasteiger charge is -2.17. The first-order valence-corrected chi connectivity index (χ1v) is 5.31. The largest absolute Gasteiger partial charge is 0.397 e. The minimum absolute atomic E-state index is 0.00611. The van der Waals surface area contributed by atoms with E-state index in [1.165, 1.54) is 0 Å². The highest BCUT2D eigenvalue weighted by Crippen LogP contribution is 2.24. The highest BCUT2D eigenvalue weighted by Gasteiger charge is 2.06. The molecule has 0 aromatic heterocycles. The predicted octanol–water partition coefficient (Wildman–Crippen LogP) is 2.83. The molecule has 1 rings (SSSR count). The van der Waals surface area contributed by atoms with E-state index in [0.717, 1.165) is 22.3 Å². The number of nitrogens with one attached hydrogen (secondary N) is 1. The van der Waals surface area contributed by atoms with Crippen LogP contribution in [-0.2, 0) is 4.74 Å². The lowest BCUT2D eigenvalue weighted by Crippen LogP contribution is -2.20. The van der Waals surface area contributed by atoms with Crippen LogP contribution in [0, 0.1) is 0 Å². The summed E-state index contributed by atoms with van der Waals surface area (Å²) in [6.45, 7) is 2.05. The van der Waals surface area contributed by atoms with Gasteiger partial charge < -0.3 is 15.8 Å². The summed E-state index contributed by atoms with van der Waals surface area (Å²) in [6, 6.07) is 5.71. The fourth-order valence-electron chi connectivity index (χ4n) is 1.15. The topological polar surface area (TPSA) is 47.3 Å². The fourth-order valence-corrected chi connectivity index (χ4v) is 1.52. The van der Waals surface area contributed by atoms with E-state index in [4.69, 9.17) is 10.5 Å². The van der Waals surface area contributed by atoms with Gasteiger partial charge in [0.05, 0.1) is 11.4 Å². The number of nitrogens with two attached hydrogens (primary N) is 1. The van der Waals surface area contributed by atoms with E-state index in [1.807, 2.05) is 18.2 Å². The van der Waals surface area contributed by atoms with Crippen molar-refractivity contribution in [3.8, 4) is 0 Å². The molecule has 3 nitrogen and oxygen atoms in total. The number of rotatable bonds is 4. The zero-order chi connectivity index (χ0) is 10.6. The molecule has 0 aliphatic heterocycles. The molecule has 1 atom stereocenters. The van der Waals surface area contributed by atoms with Gasteiger partial charge in [-0.3, -0.25) is 0 Å². The Morgan fingerprint density at radius 2 is 2.29 bits per heavy atom. The molecule has 0 radical (unpaired) electrons. The average Bonchev–Trinajstić information content (AvgIpc) is 2.19. The lowest BCUT2D eigenvalue weighted by atomic mass is 10.2. The third-order valence-electron chi connectivity index (χ3n) is 1.99. The smallest absolute Gasteiger partial charge is 0.127 e. The third kappa shape index (κ3) is 2.89. The summed E-state index contributed by atoms with van der Waals surface area (Å²) in [6.07, 6.45) is 0.897. The van der Waals surface area contributed by atoms with Crippen LogP contribution in [0.5, 0.6) is 0 Å². The average molecular weight is 259 g/mol. The van der Waals surface area contributed by atoms with Gasteiger partial charge in [-0.2, -0.15) is 0 Å². The van der Waals surface area contributed by atoms with Crippen LogP contribution in [0.1, 0.15) is 13.3 Å². The monoisotopic (exact) mass is 258 g/mol. The Morgan fingerprint density at radius 3 is 2.86 bits per heavy atom. The van der Waals surface area contributed by atoms with Crippen molar-refractivity contribution in [3.05, 3.63) is 22.7 Å². The van der Waals surface area contributed by atoms with Crippen LogP contribution in [-0.4, -0.2) is 13.3 Å². The van der Waals surface area contributed by atoms with Crippen molar-refractivity contribution < 1.29 is 4.74 Å². The Balaban J connectivity index is 2.79. The summed E-state index contributed by atoms with van der Waals surface area (Å²) < 4.78 is 6.22. The minimum atomic E-state index is 0.00611. The van der Waals surface area contributed by atoms with Crippen LogP contribution in [0.15, 0.2) is 22.7 Å². The number of benzene rings is 1. The van der Waals surface area contributed by atoms with E-state index in [0.29, 0.717) is 0 Å². The molecule has 0 amide bonds. The summed E-state index contributed by atoms with van der Waals surface area (Å²) in [5.74, 6) is 0. The van der Waals surface area contributed by atoms with Gasteiger partial charge in [0.1, 0.15) is 6.23 Å². The van der Waals surface area contributed by atoms with Crippen molar-refractivity contribution in [1.29, 1.82) is 0 Å². The van der Waals surface area contributed by atoms with E-state index < -0.39 is 0 Å². The molecule has 0 saturated heterocycles. The van der Waals surface area contributed by atoms with E-state index in [-0.39, 0.29) is 6.23 Å². The second-order valence-electron chi connectivity index (χ2n) is 3.01. The third-order valence-corrected chi connectivity index (χ3v) is 2.48. The first kappa shape index (κ1) is 11.3. The fraction of sp³-hybridized carbons (Fsp3) is 0.400. The number of hydrogen-bond acceptors (Lipinski definition) is 3. The molecule has 0 bridgehead atoms. The maximum atomic E-state index is 5.81. The Morgan fingerprint density at radius 1 is 1.57 bits per heavy atom. The summed E-state index contributed by atoms with van der Waals surface area (Å²) in [4.78, 5) is 0. The molecular formula is C10H15BrN2O. The van der Waals surface area contributed by atoms with Crippen LogP contribution < -0.4 is 11.1 Å². The van der Waals surface area contributed by atoms with Gasteiger partial charge >= 0.3 is 0 Å². The maximum absolute atomic E-state index is 5.81. The Bertz CT molecular complexity index is 300. The molecule has 1 aromatic rings. The zero-order valence-electron chi connectivity index (χ0n) is 8.38. The second-order valence-corrected chi connectivity index (χ2v) is 3.92. The molecule has 0 aliphatic rings. The maximum Gasteiger partial charge on any atom is 0.127 e. The van der Waals surface area contributed by atoms with E-state index in [9.17, 15) is 0 Å². The standard InChI is InChI=1S/C10H15BrN2O/c1-3-10(14-2)13-9-6-7(11)4-5-8(9)12/h4-6,10,13H,3,12H2,1-2H3/t10-/m1/s1. The zero-order valence-corrected chi connectivity index (χ0v) is 9.97. The summed E-state index contributed by atoms with van der Waals surface area (Å²) in [5.41, 5.74) is 7.43. The van der Waals surface area contributed by atoms with Crippen molar-refractivity contribution >= 4 is 27.3 Å². The molecule has 1 aromatic carbocycles. The number of ether oxygens (including phenoxy) is 1. The molecule has 78 valence electrons. The molecule has 14 heavy (non-hydrogen) atoms. The number of methoxy groups -OCH3 is 1. The van der Waals surface area contributed by atoms with Crippen LogP contribution in [0.25, 0.3) is 0 Å². The van der Waals surface area contributed by atoms with Gasteiger partial charge in [-0.25, -0.2) is 0 Å². The lowest BCUT2D eigenvalue weighted by molar-refractivity contribution is 0.122. The molecule has 0 fully saturated rings. The van der Waals surface area contributed by atoms with Crippen LogP contribution in [0.3, 0.4) is 0 Å². The molecule has 4 heteroatoms. The van der Waals surface area contributed by atoms with E-state index >= 15 is 0 Å². The summed E-state index contributed by atoms with van der Waals surface area (Å²) in [5, 5.41) is 3.21. The highest BCUT2D eigenvalue weighted by atomic mass is 79.9. The Labute approximate surface area is 92.8 Å². The first-order valence-electron chi connectivity index (χ1n) is 4.51. The quantitative estimate of drug-likeness (QED) is 0.645. The first-order chi connectivity index (χ1) is 6.67. The van der Waals surface area contributed by atoms with Gasteiger partial charge in [-0.15, -0.1) is 0 Å². The van der Waals surface area contributed by atoms with Gasteiger partial charge in [-0.1, -0.05) is 22.9 Å². The van der Waals surface area contributed by atoms with Gasteiger partial charge in [-0.05, 0) is 24.6 Å². The predicted molar refractivity (Wildman–Crippen MR) is 63.3 cm³/mol. The van der Waals surface area contributed by atoms with Crippen LogP contribution >= 0.6 is 15.9 Å². The van der Waals surface area contributed by atoms with E-state index in [2.05, 4.69) is 28.2 Å². The molecule has 0 aliphatic carbocycles. The van der Waals surface area contributed by atoms with Gasteiger partial charge in [0, 0.05) is 11.6 Å². The normalized spacial score (nSPS) is 12.5. The Hall–Kier alpha value is -0.740. The molecule has 0 heterocycles. The van der Waals surface area contributed by atoms with Crippen molar-refractivity contribution in [2.45, 2.75) is 19.6 Å². The highest BCUT2D eigenvalue weighted by molar-refractivity contribution is 9.10. The SMILES string of the molecule is CC[C@H](Nc1cc(Br)ccc1N)OC. The second kappa shape index (κ2) is 5.22. The number of nitrogen functional groups attached to an aromatic ring is 1. The summed E-state index contributed by atoms with van der Waals surface area (Å²) in [7, 11) is 1.68. The number of hydrogen-bond donors (Lipinski definition) is 2.